The third-order valence-corrected chi connectivity index (χ3v) is 3.37. The van der Waals surface area contributed by atoms with Gasteiger partial charge in [-0.25, -0.2) is 0 Å². The van der Waals surface area contributed by atoms with Gasteiger partial charge in [0.05, 0.1) is 5.54 Å². The van der Waals surface area contributed by atoms with Gasteiger partial charge >= 0.3 is 0 Å². The van der Waals surface area contributed by atoms with Crippen LogP contribution in [0.25, 0.3) is 0 Å². The first-order valence-corrected chi connectivity index (χ1v) is 5.47. The number of carbonyl (C=O) groups excluding carboxylic acids is 1. The molecular weight excluding hydrogens is 230 g/mol. The van der Waals surface area contributed by atoms with Crippen molar-refractivity contribution in [2.24, 2.45) is 5.92 Å². The second-order valence-electron chi connectivity index (χ2n) is 3.93. The molecule has 1 aliphatic heterocycles. The lowest BCUT2D eigenvalue weighted by Gasteiger charge is -2.30. The summed E-state index contributed by atoms with van der Waals surface area (Å²) in [5.41, 5.74) is -0.437. The molecule has 13 heavy (non-hydrogen) atoms. The third-order valence-electron chi connectivity index (χ3n) is 2.45. The van der Waals surface area contributed by atoms with E-state index in [1.165, 1.54) is 0 Å². The molecule has 0 saturated carbocycles. The summed E-state index contributed by atoms with van der Waals surface area (Å²) in [4.78, 5) is 13.3. The van der Waals surface area contributed by atoms with E-state index in [9.17, 15) is 4.79 Å². The number of amides is 1. The zero-order valence-corrected chi connectivity index (χ0v) is 9.60. The molecule has 2 nitrogen and oxygen atoms in total. The topological polar surface area (TPSA) is 20.3 Å². The third kappa shape index (κ3) is 2.05. The van der Waals surface area contributed by atoms with E-state index in [2.05, 4.69) is 21.9 Å². The Morgan fingerprint density at radius 2 is 2.38 bits per heavy atom. The number of terminal acetylenes is 1. The highest BCUT2D eigenvalue weighted by Gasteiger charge is 2.37. The van der Waals surface area contributed by atoms with Crippen molar-refractivity contribution in [3.8, 4) is 12.3 Å². The van der Waals surface area contributed by atoms with Crippen molar-refractivity contribution in [2.45, 2.75) is 25.8 Å². The van der Waals surface area contributed by atoms with Crippen LogP contribution in [0.2, 0.25) is 0 Å². The molecule has 0 aromatic rings. The number of halogens is 1. The standard InChI is InChI=1S/C10H14BrNO/c1-4-10(2,3)12-7-8(6-11)5-9(12)13/h1,8H,5-7H2,2-3H3. The van der Waals surface area contributed by atoms with E-state index in [-0.39, 0.29) is 5.91 Å². The SMILES string of the molecule is C#CC(C)(C)N1CC(CBr)CC1=O. The molecule has 0 spiro atoms. The van der Waals surface area contributed by atoms with Crippen molar-refractivity contribution in [3.05, 3.63) is 0 Å². The molecule has 1 unspecified atom stereocenters. The molecule has 1 amide bonds. The summed E-state index contributed by atoms with van der Waals surface area (Å²) in [5.74, 6) is 3.24. The van der Waals surface area contributed by atoms with Crippen LogP contribution in [-0.4, -0.2) is 28.2 Å². The largest absolute Gasteiger partial charge is 0.326 e. The smallest absolute Gasteiger partial charge is 0.224 e. The maximum atomic E-state index is 11.6. The van der Waals surface area contributed by atoms with E-state index in [1.807, 2.05) is 13.8 Å². The van der Waals surface area contributed by atoms with Crippen molar-refractivity contribution in [2.75, 3.05) is 11.9 Å². The minimum atomic E-state index is -0.437. The van der Waals surface area contributed by atoms with Crippen LogP contribution in [0, 0.1) is 18.3 Å². The summed E-state index contributed by atoms with van der Waals surface area (Å²) in [6, 6.07) is 0. The second kappa shape index (κ2) is 3.71. The van der Waals surface area contributed by atoms with Crippen LogP contribution in [0.4, 0.5) is 0 Å². The first kappa shape index (κ1) is 10.6. The maximum Gasteiger partial charge on any atom is 0.224 e. The van der Waals surface area contributed by atoms with Gasteiger partial charge in [-0.3, -0.25) is 4.79 Å². The highest BCUT2D eigenvalue weighted by Crippen LogP contribution is 2.26. The van der Waals surface area contributed by atoms with Crippen molar-refractivity contribution in [3.63, 3.8) is 0 Å². The van der Waals surface area contributed by atoms with Gasteiger partial charge < -0.3 is 4.90 Å². The fourth-order valence-electron chi connectivity index (χ4n) is 1.50. The molecule has 0 aromatic heterocycles. The molecule has 0 radical (unpaired) electrons. The van der Waals surface area contributed by atoms with Gasteiger partial charge in [0.25, 0.3) is 0 Å². The van der Waals surface area contributed by atoms with E-state index in [0.717, 1.165) is 11.9 Å². The quantitative estimate of drug-likeness (QED) is 0.534. The Bertz CT molecular complexity index is 254. The van der Waals surface area contributed by atoms with E-state index >= 15 is 0 Å². The zero-order chi connectivity index (χ0) is 10.1. The summed E-state index contributed by atoms with van der Waals surface area (Å²) in [5, 5.41) is 0.871. The van der Waals surface area contributed by atoms with Crippen molar-refractivity contribution < 1.29 is 4.79 Å². The second-order valence-corrected chi connectivity index (χ2v) is 4.58. The van der Waals surface area contributed by atoms with E-state index in [1.54, 1.807) is 4.90 Å². The molecule has 1 fully saturated rings. The molecule has 1 saturated heterocycles. The van der Waals surface area contributed by atoms with Crippen LogP contribution in [0.1, 0.15) is 20.3 Å². The lowest BCUT2D eigenvalue weighted by Crippen LogP contribution is -2.43. The van der Waals surface area contributed by atoms with E-state index < -0.39 is 5.54 Å². The summed E-state index contributed by atoms with van der Waals surface area (Å²) in [6.07, 6.45) is 6.00. The first-order chi connectivity index (χ1) is 6.01. The molecule has 0 aliphatic carbocycles. The molecule has 0 bridgehead atoms. The van der Waals surface area contributed by atoms with Crippen LogP contribution in [0.15, 0.2) is 0 Å². The van der Waals surface area contributed by atoms with Gasteiger partial charge in [-0.1, -0.05) is 21.9 Å². The Morgan fingerprint density at radius 3 is 2.77 bits per heavy atom. The zero-order valence-electron chi connectivity index (χ0n) is 8.01. The summed E-state index contributed by atoms with van der Waals surface area (Å²) >= 11 is 3.39. The maximum absolute atomic E-state index is 11.6. The number of carbonyl (C=O) groups is 1. The predicted molar refractivity (Wildman–Crippen MR) is 56.5 cm³/mol. The molecule has 1 atom stereocenters. The average molecular weight is 244 g/mol. The number of nitrogens with zero attached hydrogens (tertiary/aromatic N) is 1. The van der Waals surface area contributed by atoms with Crippen molar-refractivity contribution in [1.29, 1.82) is 0 Å². The minimum absolute atomic E-state index is 0.174. The molecule has 1 heterocycles. The van der Waals surface area contributed by atoms with Gasteiger partial charge in [0, 0.05) is 18.3 Å². The van der Waals surface area contributed by atoms with E-state index in [0.29, 0.717) is 12.3 Å². The Hall–Kier alpha value is -0.490. The molecule has 1 aliphatic rings. The molecule has 1 rings (SSSR count). The first-order valence-electron chi connectivity index (χ1n) is 4.35. The minimum Gasteiger partial charge on any atom is -0.326 e. The van der Waals surface area contributed by atoms with Crippen LogP contribution in [0.5, 0.6) is 0 Å². The number of alkyl halides is 1. The van der Waals surface area contributed by atoms with Gasteiger partial charge in [0.1, 0.15) is 0 Å². The lowest BCUT2D eigenvalue weighted by molar-refractivity contribution is -0.130. The molecular formula is C10H14BrNO. The summed E-state index contributed by atoms with van der Waals surface area (Å²) in [7, 11) is 0. The van der Waals surface area contributed by atoms with Crippen LogP contribution in [-0.2, 0) is 4.79 Å². The van der Waals surface area contributed by atoms with Crippen LogP contribution >= 0.6 is 15.9 Å². The highest BCUT2D eigenvalue weighted by atomic mass is 79.9. The molecule has 72 valence electrons. The van der Waals surface area contributed by atoms with Gasteiger partial charge in [-0.15, -0.1) is 6.42 Å². The number of hydrogen-bond donors (Lipinski definition) is 0. The normalized spacial score (nSPS) is 23.4. The van der Waals surface area contributed by atoms with Gasteiger partial charge in [0.15, 0.2) is 0 Å². The van der Waals surface area contributed by atoms with Gasteiger partial charge in [0.2, 0.25) is 5.91 Å². The number of hydrogen-bond acceptors (Lipinski definition) is 1. The number of likely N-dealkylation sites (tertiary alicyclic amines) is 1. The van der Waals surface area contributed by atoms with E-state index in [4.69, 9.17) is 6.42 Å². The summed E-state index contributed by atoms with van der Waals surface area (Å²) < 4.78 is 0. The van der Waals surface area contributed by atoms with Crippen LogP contribution < -0.4 is 0 Å². The molecule has 3 heteroatoms. The van der Waals surface area contributed by atoms with Gasteiger partial charge in [-0.2, -0.15) is 0 Å². The highest BCUT2D eigenvalue weighted by molar-refractivity contribution is 9.09. The monoisotopic (exact) mass is 243 g/mol. The lowest BCUT2D eigenvalue weighted by atomic mass is 10.1. The Labute approximate surface area is 87.8 Å². The van der Waals surface area contributed by atoms with Crippen LogP contribution in [0.3, 0.4) is 0 Å². The number of rotatable bonds is 2. The van der Waals surface area contributed by atoms with Crippen molar-refractivity contribution in [1.82, 2.24) is 4.90 Å². The van der Waals surface area contributed by atoms with Crippen molar-refractivity contribution >= 4 is 21.8 Å². The molecule has 0 N–H and O–H groups in total. The Morgan fingerprint density at radius 1 is 1.77 bits per heavy atom. The predicted octanol–water partition coefficient (Wildman–Crippen LogP) is 1.64. The Balaban J connectivity index is 2.74. The Kier molecular flexibility index (Phi) is 3.02. The summed E-state index contributed by atoms with van der Waals surface area (Å²) in [6.45, 7) is 4.59. The fraction of sp³-hybridized carbons (Fsp3) is 0.700. The molecule has 0 aromatic carbocycles. The average Bonchev–Trinajstić information content (AvgIpc) is 2.47. The fourth-order valence-corrected chi connectivity index (χ4v) is 1.94. The van der Waals surface area contributed by atoms with Gasteiger partial charge in [-0.05, 0) is 19.8 Å².